The first-order valence-electron chi connectivity index (χ1n) is 8.55. The number of pyridine rings is 2. The molecule has 30 heavy (non-hydrogen) atoms. The van der Waals surface area contributed by atoms with Gasteiger partial charge in [-0.15, -0.1) is 13.2 Å². The minimum atomic E-state index is -4.90. The van der Waals surface area contributed by atoms with E-state index in [1.54, 1.807) is 54.6 Å². The maximum atomic E-state index is 13.5. The Kier molecular flexibility index (Phi) is 5.53. The zero-order valence-electron chi connectivity index (χ0n) is 15.0. The molecule has 0 atom stereocenters. The van der Waals surface area contributed by atoms with Crippen molar-refractivity contribution in [2.75, 3.05) is 0 Å². The molecule has 0 saturated carbocycles. The quantitative estimate of drug-likeness (QED) is 0.326. The first kappa shape index (κ1) is 20.8. The van der Waals surface area contributed by atoms with Crippen molar-refractivity contribution in [2.45, 2.75) is 16.1 Å². The van der Waals surface area contributed by atoms with E-state index in [0.29, 0.717) is 26.1 Å². The Labute approximate surface area is 183 Å². The van der Waals surface area contributed by atoms with Crippen LogP contribution in [-0.2, 0) is 6.30 Å². The van der Waals surface area contributed by atoms with E-state index in [1.807, 2.05) is 0 Å². The number of hydrogen-bond donors (Lipinski definition) is 0. The number of halogens is 5. The van der Waals surface area contributed by atoms with Crippen molar-refractivity contribution >= 4 is 46.0 Å². The molecule has 0 fully saturated rings. The van der Waals surface area contributed by atoms with Crippen molar-refractivity contribution in [1.82, 2.24) is 9.55 Å². The van der Waals surface area contributed by atoms with E-state index in [0.717, 1.165) is 11.0 Å². The molecule has 0 radical (unpaired) electrons. The molecule has 0 unspecified atom stereocenters. The summed E-state index contributed by atoms with van der Waals surface area (Å²) in [4.78, 5) is 17.8. The van der Waals surface area contributed by atoms with Gasteiger partial charge in [0.25, 0.3) is 5.56 Å². The van der Waals surface area contributed by atoms with Crippen LogP contribution in [0, 0.1) is 0 Å². The lowest BCUT2D eigenvalue weighted by atomic mass is 10.0. The number of alkyl halides is 3. The summed E-state index contributed by atoms with van der Waals surface area (Å²) >= 11 is 13.3. The van der Waals surface area contributed by atoms with Crippen LogP contribution in [-0.4, -0.2) is 9.55 Å². The van der Waals surface area contributed by atoms with Crippen molar-refractivity contribution in [2.24, 2.45) is 0 Å². The van der Waals surface area contributed by atoms with E-state index < -0.39 is 17.5 Å². The van der Waals surface area contributed by atoms with E-state index in [-0.39, 0.29) is 9.95 Å². The molecule has 2 heterocycles. The van der Waals surface area contributed by atoms with E-state index in [4.69, 9.17) is 23.2 Å². The fraction of sp³-hybridized carbons (Fsp3) is 0.0476. The van der Waals surface area contributed by atoms with Gasteiger partial charge in [0.15, 0.2) is 5.65 Å². The number of fused-ring (bicyclic) bond motifs is 1. The molecule has 0 aliphatic carbocycles. The second kappa shape index (κ2) is 7.98. The van der Waals surface area contributed by atoms with Crippen LogP contribution in [0.1, 0.15) is 0 Å². The SMILES string of the molecule is O=c1cc(-c2cccc(Cl)c2)c2cc(Sc3ccc(Cl)cc3)cnc2n1C(F)(F)F. The van der Waals surface area contributed by atoms with Gasteiger partial charge in [0.05, 0.1) is 0 Å². The van der Waals surface area contributed by atoms with Crippen molar-refractivity contribution < 1.29 is 13.2 Å². The molecular weight excluding hydrogens is 456 g/mol. The molecule has 0 saturated heterocycles. The van der Waals surface area contributed by atoms with E-state index in [9.17, 15) is 18.0 Å². The maximum Gasteiger partial charge on any atom is 0.493 e. The van der Waals surface area contributed by atoms with Gasteiger partial charge in [-0.05, 0) is 53.6 Å². The minimum Gasteiger partial charge on any atom is -0.269 e. The second-order valence-corrected chi connectivity index (χ2v) is 8.33. The molecule has 0 aliphatic heterocycles. The standard InChI is InChI=1S/C21H11Cl2F3N2OS/c22-13-4-6-15(7-5-13)30-16-9-18-17(12-2-1-3-14(23)8-12)10-19(29)28(21(24,25)26)20(18)27-11-16/h1-11H. The average Bonchev–Trinajstić information content (AvgIpc) is 2.68. The van der Waals surface area contributed by atoms with E-state index >= 15 is 0 Å². The van der Waals surface area contributed by atoms with Gasteiger partial charge < -0.3 is 0 Å². The summed E-state index contributed by atoms with van der Waals surface area (Å²) in [5.74, 6) is 0. The largest absolute Gasteiger partial charge is 0.493 e. The maximum absolute atomic E-state index is 13.5. The third-order valence-electron chi connectivity index (χ3n) is 4.27. The van der Waals surface area contributed by atoms with Crippen molar-refractivity contribution in [3.8, 4) is 11.1 Å². The Bertz CT molecular complexity index is 1300. The molecule has 0 N–H and O–H groups in total. The first-order chi connectivity index (χ1) is 14.2. The molecule has 0 aliphatic rings. The number of benzene rings is 2. The highest BCUT2D eigenvalue weighted by Crippen LogP contribution is 2.35. The zero-order valence-corrected chi connectivity index (χ0v) is 17.3. The number of rotatable bonds is 3. The molecule has 0 bridgehead atoms. The second-order valence-electron chi connectivity index (χ2n) is 6.31. The van der Waals surface area contributed by atoms with Crippen molar-refractivity contribution in [3.05, 3.63) is 87.3 Å². The molecule has 4 aromatic rings. The summed E-state index contributed by atoms with van der Waals surface area (Å²) in [6.07, 6.45) is -3.59. The summed E-state index contributed by atoms with van der Waals surface area (Å²) < 4.78 is 40.4. The van der Waals surface area contributed by atoms with Gasteiger partial charge in [0.2, 0.25) is 0 Å². The average molecular weight is 467 g/mol. The van der Waals surface area contributed by atoms with Crippen LogP contribution >= 0.6 is 35.0 Å². The van der Waals surface area contributed by atoms with Crippen LogP contribution < -0.4 is 5.56 Å². The highest BCUT2D eigenvalue weighted by Gasteiger charge is 2.35. The van der Waals surface area contributed by atoms with Gasteiger partial charge in [-0.3, -0.25) is 4.79 Å². The highest BCUT2D eigenvalue weighted by molar-refractivity contribution is 7.99. The highest BCUT2D eigenvalue weighted by atomic mass is 35.5. The summed E-state index contributed by atoms with van der Waals surface area (Å²) in [6.45, 7) is 0. The summed E-state index contributed by atoms with van der Waals surface area (Å²) in [5, 5.41) is 1.17. The Morgan fingerprint density at radius 3 is 2.30 bits per heavy atom. The van der Waals surface area contributed by atoms with Gasteiger partial charge in [0, 0.05) is 37.5 Å². The number of aromatic nitrogens is 2. The lowest BCUT2D eigenvalue weighted by Crippen LogP contribution is -2.31. The number of hydrogen-bond acceptors (Lipinski definition) is 3. The van der Waals surface area contributed by atoms with Gasteiger partial charge in [-0.1, -0.05) is 47.1 Å². The van der Waals surface area contributed by atoms with Crippen LogP contribution in [0.15, 0.2) is 81.4 Å². The molecule has 0 amide bonds. The predicted octanol–water partition coefficient (Wildman–Crippen LogP) is 7.00. The minimum absolute atomic E-state index is 0.188. The Balaban J connectivity index is 1.95. The van der Waals surface area contributed by atoms with Crippen molar-refractivity contribution in [1.29, 1.82) is 0 Å². The van der Waals surface area contributed by atoms with Crippen molar-refractivity contribution in [3.63, 3.8) is 0 Å². The molecule has 152 valence electrons. The van der Waals surface area contributed by atoms with Crippen LogP contribution in [0.3, 0.4) is 0 Å². The molecule has 0 spiro atoms. The van der Waals surface area contributed by atoms with Crippen LogP contribution in [0.25, 0.3) is 22.2 Å². The Hall–Kier alpha value is -2.48. The molecule has 2 aromatic carbocycles. The predicted molar refractivity (Wildman–Crippen MR) is 113 cm³/mol. The van der Waals surface area contributed by atoms with Crippen LogP contribution in [0.2, 0.25) is 10.0 Å². The van der Waals surface area contributed by atoms with Gasteiger partial charge in [0.1, 0.15) is 0 Å². The third-order valence-corrected chi connectivity index (χ3v) is 5.72. The lowest BCUT2D eigenvalue weighted by Gasteiger charge is -2.16. The van der Waals surface area contributed by atoms with Crippen LogP contribution in [0.5, 0.6) is 0 Å². The Morgan fingerprint density at radius 1 is 0.900 bits per heavy atom. The molecule has 4 rings (SSSR count). The summed E-state index contributed by atoms with van der Waals surface area (Å²) in [7, 11) is 0. The molecule has 3 nitrogen and oxygen atoms in total. The van der Waals surface area contributed by atoms with E-state index in [2.05, 4.69) is 4.98 Å². The molecule has 2 aromatic heterocycles. The third kappa shape index (κ3) is 4.19. The lowest BCUT2D eigenvalue weighted by molar-refractivity contribution is -0.203. The van der Waals surface area contributed by atoms with E-state index in [1.165, 1.54) is 18.0 Å². The normalized spacial score (nSPS) is 11.8. The molecular formula is C21H11Cl2F3N2OS. The first-order valence-corrected chi connectivity index (χ1v) is 10.1. The van der Waals surface area contributed by atoms with Crippen LogP contribution in [0.4, 0.5) is 13.2 Å². The monoisotopic (exact) mass is 466 g/mol. The number of nitrogens with zero attached hydrogens (tertiary/aromatic N) is 2. The van der Waals surface area contributed by atoms with Gasteiger partial charge in [-0.25, -0.2) is 9.55 Å². The molecule has 9 heteroatoms. The summed E-state index contributed by atoms with van der Waals surface area (Å²) in [6, 6.07) is 16.2. The Morgan fingerprint density at radius 2 is 1.63 bits per heavy atom. The smallest absolute Gasteiger partial charge is 0.269 e. The zero-order chi connectivity index (χ0) is 21.5. The summed E-state index contributed by atoms with van der Waals surface area (Å²) in [5.41, 5.74) is -0.834. The van der Waals surface area contributed by atoms with Gasteiger partial charge >= 0.3 is 6.30 Å². The van der Waals surface area contributed by atoms with Gasteiger partial charge in [-0.2, -0.15) is 0 Å². The fourth-order valence-electron chi connectivity index (χ4n) is 3.02. The fourth-order valence-corrected chi connectivity index (χ4v) is 4.16. The topological polar surface area (TPSA) is 34.9 Å².